The largest absolute Gasteiger partial charge is 0.308 e. The van der Waals surface area contributed by atoms with E-state index >= 15 is 0 Å². The Hall–Kier alpha value is -1.67. The summed E-state index contributed by atoms with van der Waals surface area (Å²) in [5, 5.41) is 0.605. The first-order valence-electron chi connectivity index (χ1n) is 9.80. The van der Waals surface area contributed by atoms with Gasteiger partial charge in [0.15, 0.2) is 0 Å². The van der Waals surface area contributed by atoms with Crippen LogP contribution in [0.1, 0.15) is 31.2 Å². The third-order valence-electron chi connectivity index (χ3n) is 6.28. The molecule has 5 nitrogen and oxygen atoms in total. The molecule has 2 aromatic carbocycles. The summed E-state index contributed by atoms with van der Waals surface area (Å²) in [5.74, 6) is 1.13. The minimum atomic E-state index is -3.60. The second-order valence-corrected chi connectivity index (χ2v) is 11.2. The molecule has 8 heteroatoms. The van der Waals surface area contributed by atoms with E-state index in [1.165, 1.54) is 6.42 Å². The molecule has 1 aromatic heterocycles. The summed E-state index contributed by atoms with van der Waals surface area (Å²) in [6, 6.07) is 12.4. The van der Waals surface area contributed by atoms with E-state index in [4.69, 9.17) is 11.6 Å². The summed E-state index contributed by atoms with van der Waals surface area (Å²) in [5.41, 5.74) is 1.57. The van der Waals surface area contributed by atoms with E-state index in [1.54, 1.807) is 28.8 Å². The highest BCUT2D eigenvalue weighted by Gasteiger charge is 2.41. The molecule has 2 saturated carbocycles. The van der Waals surface area contributed by atoms with Crippen LogP contribution in [0.15, 0.2) is 52.2 Å². The number of hydrogen-bond acceptors (Lipinski definition) is 4. The number of nitrogens with one attached hydrogen (secondary N) is 1. The Kier molecular flexibility index (Phi) is 4.81. The molecule has 0 aliphatic heterocycles. The molecule has 2 fully saturated rings. The van der Waals surface area contributed by atoms with Gasteiger partial charge in [0.05, 0.1) is 21.7 Å². The van der Waals surface area contributed by atoms with E-state index < -0.39 is 10.0 Å². The Morgan fingerprint density at radius 3 is 2.69 bits per heavy atom. The number of hydrogen-bond donors (Lipinski definition) is 1. The van der Waals surface area contributed by atoms with Crippen molar-refractivity contribution in [1.29, 1.82) is 0 Å². The summed E-state index contributed by atoms with van der Waals surface area (Å²) < 4.78 is 31.1. The van der Waals surface area contributed by atoms with E-state index in [0.717, 1.165) is 41.7 Å². The summed E-state index contributed by atoms with van der Waals surface area (Å²) >= 11 is 7.30. The van der Waals surface area contributed by atoms with Crippen molar-refractivity contribution in [1.82, 2.24) is 9.29 Å². The van der Waals surface area contributed by atoms with Crippen LogP contribution in [0.4, 0.5) is 0 Å². The van der Waals surface area contributed by atoms with Gasteiger partial charge in [-0.05, 0) is 60.9 Å². The van der Waals surface area contributed by atoms with Gasteiger partial charge in [0.1, 0.15) is 0 Å². The van der Waals surface area contributed by atoms with E-state index in [9.17, 15) is 13.2 Å². The van der Waals surface area contributed by atoms with Gasteiger partial charge in [-0.25, -0.2) is 13.1 Å². The lowest BCUT2D eigenvalue weighted by atomic mass is 9.96. The third-order valence-corrected chi connectivity index (χ3v) is 9.08. The van der Waals surface area contributed by atoms with Gasteiger partial charge in [0.2, 0.25) is 10.0 Å². The molecule has 2 aliphatic carbocycles. The molecule has 1 heterocycles. The number of thiazole rings is 1. The fourth-order valence-corrected chi connectivity index (χ4v) is 7.36. The second-order valence-electron chi connectivity index (χ2n) is 8.08. The summed E-state index contributed by atoms with van der Waals surface area (Å²) in [6.45, 7) is 0.355. The van der Waals surface area contributed by atoms with Crippen molar-refractivity contribution in [3.63, 3.8) is 0 Å². The van der Waals surface area contributed by atoms with Crippen molar-refractivity contribution < 1.29 is 8.42 Å². The highest BCUT2D eigenvalue weighted by molar-refractivity contribution is 7.89. The van der Waals surface area contributed by atoms with Gasteiger partial charge < -0.3 is 0 Å². The van der Waals surface area contributed by atoms with E-state index in [1.807, 2.05) is 18.2 Å². The zero-order chi connectivity index (χ0) is 20.2. The molecule has 2 aliphatic rings. The minimum absolute atomic E-state index is 0.0398. The highest BCUT2D eigenvalue weighted by atomic mass is 35.5. The predicted molar refractivity (Wildman–Crippen MR) is 116 cm³/mol. The normalized spacial score (nSPS) is 23.8. The third kappa shape index (κ3) is 3.54. The van der Waals surface area contributed by atoms with Crippen LogP contribution in [-0.4, -0.2) is 19.0 Å². The van der Waals surface area contributed by atoms with Crippen molar-refractivity contribution in [3.05, 3.63) is 62.7 Å². The molecule has 1 N–H and O–H groups in total. The first-order valence-corrected chi connectivity index (χ1v) is 12.5. The van der Waals surface area contributed by atoms with Crippen molar-refractivity contribution in [2.45, 2.75) is 43.2 Å². The summed E-state index contributed by atoms with van der Waals surface area (Å²) in [7, 11) is -3.60. The van der Waals surface area contributed by atoms with Gasteiger partial charge in [0, 0.05) is 11.1 Å². The lowest BCUT2D eigenvalue weighted by Gasteiger charge is -2.22. The van der Waals surface area contributed by atoms with Crippen LogP contribution >= 0.6 is 22.9 Å². The zero-order valence-corrected chi connectivity index (χ0v) is 18.1. The van der Waals surface area contributed by atoms with Gasteiger partial charge in [-0.1, -0.05) is 47.6 Å². The predicted octanol–water partition coefficient (Wildman–Crippen LogP) is 4.23. The van der Waals surface area contributed by atoms with Crippen LogP contribution in [0.3, 0.4) is 0 Å². The topological polar surface area (TPSA) is 68.2 Å². The maximum atomic E-state index is 12.9. The number of aromatic nitrogens is 1. The SMILES string of the molecule is O=c1sc2cc(S(=O)(=O)N[C@H]3C[C@@H]4CC[C@@H]3C4)ccc2n1Cc1ccccc1Cl. The zero-order valence-electron chi connectivity index (χ0n) is 15.7. The average molecular weight is 449 g/mol. The number of fused-ring (bicyclic) bond motifs is 3. The van der Waals surface area contributed by atoms with Crippen LogP contribution in [0, 0.1) is 11.8 Å². The first kappa shape index (κ1) is 19.3. The fourth-order valence-electron chi connectivity index (χ4n) is 4.82. The number of halogens is 1. The molecule has 2 bridgehead atoms. The molecule has 3 aromatic rings. The van der Waals surface area contributed by atoms with Crippen molar-refractivity contribution in [3.8, 4) is 0 Å². The molecule has 3 atom stereocenters. The standard InChI is InChI=1S/C21H21ClN2O3S2/c22-17-4-2-1-3-15(17)12-24-19-8-7-16(11-20(19)28-21(24)25)29(26,27)23-18-10-13-5-6-14(18)9-13/h1-4,7-8,11,13-14,18,23H,5-6,9-10,12H2/t13-,14-,18+/m1/s1. The highest BCUT2D eigenvalue weighted by Crippen LogP contribution is 2.44. The Labute approximate surface area is 178 Å². The minimum Gasteiger partial charge on any atom is -0.294 e. The monoisotopic (exact) mass is 448 g/mol. The summed E-state index contributed by atoms with van der Waals surface area (Å²) in [4.78, 5) is 12.6. The molecule has 0 amide bonds. The van der Waals surface area contributed by atoms with Crippen molar-refractivity contribution in [2.24, 2.45) is 11.8 Å². The van der Waals surface area contributed by atoms with Crippen LogP contribution in [-0.2, 0) is 16.6 Å². The fraction of sp³-hybridized carbons (Fsp3) is 0.381. The number of rotatable bonds is 5. The van der Waals surface area contributed by atoms with Crippen LogP contribution < -0.4 is 9.60 Å². The van der Waals surface area contributed by atoms with Crippen molar-refractivity contribution in [2.75, 3.05) is 0 Å². The lowest BCUT2D eigenvalue weighted by molar-refractivity contribution is 0.390. The maximum Gasteiger partial charge on any atom is 0.308 e. The van der Waals surface area contributed by atoms with Gasteiger partial charge in [-0.2, -0.15) is 0 Å². The first-order chi connectivity index (χ1) is 13.9. The van der Waals surface area contributed by atoms with Gasteiger partial charge in [0.25, 0.3) is 0 Å². The Morgan fingerprint density at radius 2 is 1.97 bits per heavy atom. The van der Waals surface area contributed by atoms with Crippen LogP contribution in [0.5, 0.6) is 0 Å². The number of benzene rings is 2. The summed E-state index contributed by atoms with van der Waals surface area (Å²) in [6.07, 6.45) is 4.41. The van der Waals surface area contributed by atoms with Crippen LogP contribution in [0.2, 0.25) is 5.02 Å². The Balaban J connectivity index is 1.45. The van der Waals surface area contributed by atoms with Gasteiger partial charge >= 0.3 is 4.87 Å². The maximum absolute atomic E-state index is 12.9. The molecule has 0 saturated heterocycles. The molecule has 152 valence electrons. The molecule has 5 rings (SSSR count). The van der Waals surface area contributed by atoms with E-state index in [-0.39, 0.29) is 15.8 Å². The molecule has 0 unspecified atom stereocenters. The quantitative estimate of drug-likeness (QED) is 0.635. The van der Waals surface area contributed by atoms with E-state index in [0.29, 0.717) is 28.1 Å². The smallest absolute Gasteiger partial charge is 0.294 e. The Bertz CT molecular complexity index is 1250. The second kappa shape index (κ2) is 7.23. The lowest BCUT2D eigenvalue weighted by Crippen LogP contribution is -2.38. The average Bonchev–Trinajstić information content (AvgIpc) is 3.37. The Morgan fingerprint density at radius 1 is 1.14 bits per heavy atom. The molecule has 0 spiro atoms. The molecule has 29 heavy (non-hydrogen) atoms. The number of sulfonamides is 1. The molecule has 0 radical (unpaired) electrons. The van der Waals surface area contributed by atoms with Crippen molar-refractivity contribution >= 4 is 43.2 Å². The van der Waals surface area contributed by atoms with Gasteiger partial charge in [-0.3, -0.25) is 9.36 Å². The van der Waals surface area contributed by atoms with Gasteiger partial charge in [-0.15, -0.1) is 0 Å². The molecular weight excluding hydrogens is 428 g/mol. The van der Waals surface area contributed by atoms with E-state index in [2.05, 4.69) is 4.72 Å². The number of nitrogens with zero attached hydrogens (tertiary/aromatic N) is 1. The molecular formula is C21H21ClN2O3S2. The van der Waals surface area contributed by atoms with Crippen LogP contribution in [0.25, 0.3) is 10.2 Å².